The molecule has 3 aromatic rings. The zero-order chi connectivity index (χ0) is 27.5. The van der Waals surface area contributed by atoms with Crippen molar-refractivity contribution in [2.75, 3.05) is 13.7 Å². The number of rotatable bonds is 5. The number of ether oxygens (including phenoxy) is 5. The van der Waals surface area contributed by atoms with E-state index in [4.69, 9.17) is 14.2 Å². The van der Waals surface area contributed by atoms with E-state index in [9.17, 15) is 23.5 Å². The Morgan fingerprint density at radius 1 is 1.03 bits per heavy atom. The van der Waals surface area contributed by atoms with Crippen molar-refractivity contribution < 1.29 is 47.2 Å². The van der Waals surface area contributed by atoms with Crippen molar-refractivity contribution in [1.29, 1.82) is 0 Å². The molecule has 3 aliphatic rings. The Kier molecular flexibility index (Phi) is 5.56. The first kappa shape index (κ1) is 24.8. The molecule has 1 unspecified atom stereocenters. The Bertz CT molecular complexity index is 1510. The zero-order valence-corrected chi connectivity index (χ0v) is 20.8. The van der Waals surface area contributed by atoms with Crippen molar-refractivity contribution in [1.82, 2.24) is 5.32 Å². The molecule has 0 saturated heterocycles. The number of carbonyl (C=O) groups excluding carboxylic acids is 1. The fourth-order valence-corrected chi connectivity index (χ4v) is 5.12. The van der Waals surface area contributed by atoms with E-state index in [2.05, 4.69) is 14.8 Å². The standard InChI is InChI=1S/C28H23F2NO8/c1-27(13-36-22-12-24-23(10-18(22)27)38-28(29,30)39-24)26(34)31-19-11-20(14-4-3-5-15(8-14)25(32)33)37-21-9-16(35-2)6-7-17(19)21/h3-10,12,19-20H,11,13H2,1-2H3,(H,31,34)(H,32,33)/t19-,20-,27?/m1/s1. The van der Waals surface area contributed by atoms with Crippen LogP contribution in [0, 0.1) is 0 Å². The van der Waals surface area contributed by atoms with Crippen LogP contribution in [0.4, 0.5) is 8.78 Å². The molecule has 1 amide bonds. The Hall–Kier alpha value is -4.54. The summed E-state index contributed by atoms with van der Waals surface area (Å²) in [5.41, 5.74) is 0.646. The van der Waals surface area contributed by atoms with Gasteiger partial charge in [-0.1, -0.05) is 12.1 Å². The summed E-state index contributed by atoms with van der Waals surface area (Å²) in [5, 5.41) is 12.5. The van der Waals surface area contributed by atoms with Crippen LogP contribution >= 0.6 is 0 Å². The average Bonchev–Trinajstić information content (AvgIpc) is 3.41. The predicted molar refractivity (Wildman–Crippen MR) is 131 cm³/mol. The summed E-state index contributed by atoms with van der Waals surface area (Å²) in [6, 6.07) is 13.8. The van der Waals surface area contributed by atoms with Gasteiger partial charge in [-0.15, -0.1) is 8.78 Å². The number of halogens is 2. The minimum atomic E-state index is -3.80. The van der Waals surface area contributed by atoms with Crippen LogP contribution in [-0.4, -0.2) is 37.0 Å². The van der Waals surface area contributed by atoms with Crippen LogP contribution in [0.25, 0.3) is 0 Å². The average molecular weight is 539 g/mol. The van der Waals surface area contributed by atoms with Crippen molar-refractivity contribution in [3.63, 3.8) is 0 Å². The molecule has 3 aliphatic heterocycles. The van der Waals surface area contributed by atoms with Gasteiger partial charge in [0.2, 0.25) is 5.91 Å². The van der Waals surface area contributed by atoms with Crippen molar-refractivity contribution in [2.24, 2.45) is 0 Å². The molecule has 0 fully saturated rings. The summed E-state index contributed by atoms with van der Waals surface area (Å²) in [7, 11) is 1.53. The van der Waals surface area contributed by atoms with E-state index in [1.54, 1.807) is 37.3 Å². The number of benzene rings is 3. The molecule has 3 aromatic carbocycles. The number of aromatic carboxylic acids is 1. The number of carboxylic acids is 1. The van der Waals surface area contributed by atoms with E-state index < -0.39 is 35.7 Å². The Balaban J connectivity index is 1.32. The highest BCUT2D eigenvalue weighted by Gasteiger charge is 2.49. The van der Waals surface area contributed by atoms with Gasteiger partial charge in [0.05, 0.1) is 18.7 Å². The molecule has 202 valence electrons. The maximum atomic E-state index is 13.8. The van der Waals surface area contributed by atoms with Crippen LogP contribution in [0.5, 0.6) is 28.7 Å². The summed E-state index contributed by atoms with van der Waals surface area (Å²) in [6.45, 7) is 1.65. The van der Waals surface area contributed by atoms with E-state index in [-0.39, 0.29) is 29.4 Å². The third-order valence-corrected chi connectivity index (χ3v) is 7.24. The van der Waals surface area contributed by atoms with Crippen molar-refractivity contribution in [3.8, 4) is 28.7 Å². The highest BCUT2D eigenvalue weighted by Crippen LogP contribution is 2.50. The Morgan fingerprint density at radius 2 is 1.79 bits per heavy atom. The summed E-state index contributed by atoms with van der Waals surface area (Å²) >= 11 is 0. The molecule has 0 aromatic heterocycles. The van der Waals surface area contributed by atoms with E-state index in [1.807, 2.05) is 0 Å². The van der Waals surface area contributed by atoms with Crippen LogP contribution in [-0.2, 0) is 10.2 Å². The number of methoxy groups -OCH3 is 1. The molecular weight excluding hydrogens is 516 g/mol. The Labute approximate surface area is 221 Å². The predicted octanol–water partition coefficient (Wildman–Crippen LogP) is 4.75. The van der Waals surface area contributed by atoms with Gasteiger partial charge in [0.1, 0.15) is 35.4 Å². The van der Waals surface area contributed by atoms with Crippen molar-refractivity contribution >= 4 is 11.9 Å². The first-order valence-corrected chi connectivity index (χ1v) is 12.1. The summed E-state index contributed by atoms with van der Waals surface area (Å²) in [6.07, 6.45) is -4.05. The summed E-state index contributed by atoms with van der Waals surface area (Å²) < 4.78 is 53.6. The lowest BCUT2D eigenvalue weighted by Crippen LogP contribution is -2.46. The SMILES string of the molecule is COc1ccc2c(c1)O[C@@H](c1cccc(C(=O)O)c1)C[C@H]2NC(=O)C1(C)COc2cc3c(cc21)OC(F)(F)O3. The van der Waals surface area contributed by atoms with Crippen molar-refractivity contribution in [2.45, 2.75) is 37.2 Å². The maximum absolute atomic E-state index is 13.8. The second kappa shape index (κ2) is 8.75. The number of carbonyl (C=O) groups is 2. The number of alkyl halides is 2. The quantitative estimate of drug-likeness (QED) is 0.478. The fourth-order valence-electron chi connectivity index (χ4n) is 5.12. The molecule has 11 heteroatoms. The number of amides is 1. The smallest absolute Gasteiger partial charge is 0.497 e. The topological polar surface area (TPSA) is 113 Å². The minimum Gasteiger partial charge on any atom is -0.497 e. The van der Waals surface area contributed by atoms with Gasteiger partial charge in [-0.25, -0.2) is 4.79 Å². The largest absolute Gasteiger partial charge is 0.586 e. The number of hydrogen-bond acceptors (Lipinski definition) is 7. The zero-order valence-electron chi connectivity index (χ0n) is 20.8. The van der Waals surface area contributed by atoms with E-state index >= 15 is 0 Å². The molecule has 3 atom stereocenters. The van der Waals surface area contributed by atoms with Gasteiger partial charge in [-0.2, -0.15) is 0 Å². The molecule has 2 N–H and O–H groups in total. The van der Waals surface area contributed by atoms with Crippen molar-refractivity contribution in [3.05, 3.63) is 76.9 Å². The van der Waals surface area contributed by atoms with Gasteiger partial charge in [0.15, 0.2) is 11.5 Å². The number of carboxylic acid groups (broad SMARTS) is 1. The summed E-state index contributed by atoms with van der Waals surface area (Å²) in [5.74, 6) is -0.503. The van der Waals surface area contributed by atoms with Crippen LogP contribution < -0.4 is 29.0 Å². The fraction of sp³-hybridized carbons (Fsp3) is 0.286. The third kappa shape index (κ3) is 4.23. The maximum Gasteiger partial charge on any atom is 0.586 e. The molecule has 0 radical (unpaired) electrons. The third-order valence-electron chi connectivity index (χ3n) is 7.24. The first-order valence-electron chi connectivity index (χ1n) is 12.1. The summed E-state index contributed by atoms with van der Waals surface area (Å²) in [4.78, 5) is 25.3. The lowest BCUT2D eigenvalue weighted by molar-refractivity contribution is -0.286. The molecule has 0 aliphatic carbocycles. The van der Waals surface area contributed by atoms with Gasteiger partial charge in [0, 0.05) is 29.7 Å². The second-order valence-corrected chi connectivity index (χ2v) is 9.79. The highest BCUT2D eigenvalue weighted by molar-refractivity contribution is 5.90. The lowest BCUT2D eigenvalue weighted by Gasteiger charge is -2.35. The first-order chi connectivity index (χ1) is 18.6. The van der Waals surface area contributed by atoms with Crippen LogP contribution in [0.1, 0.15) is 52.5 Å². The monoisotopic (exact) mass is 539 g/mol. The van der Waals surface area contributed by atoms with Gasteiger partial charge in [-0.3, -0.25) is 4.79 Å². The molecule has 0 bridgehead atoms. The van der Waals surface area contributed by atoms with Crippen LogP contribution in [0.2, 0.25) is 0 Å². The molecule has 3 heterocycles. The lowest BCUT2D eigenvalue weighted by atomic mass is 9.82. The van der Waals surface area contributed by atoms with Gasteiger partial charge >= 0.3 is 12.3 Å². The molecule has 6 rings (SSSR count). The Morgan fingerprint density at radius 3 is 2.54 bits per heavy atom. The normalized spacial score (nSPS) is 23.6. The number of fused-ring (bicyclic) bond motifs is 3. The van der Waals surface area contributed by atoms with Gasteiger partial charge in [0.25, 0.3) is 0 Å². The molecule has 0 saturated carbocycles. The van der Waals surface area contributed by atoms with Gasteiger partial charge < -0.3 is 34.1 Å². The molecule has 0 spiro atoms. The minimum absolute atomic E-state index is 0.0176. The second-order valence-electron chi connectivity index (χ2n) is 9.79. The van der Waals surface area contributed by atoms with Crippen LogP contribution in [0.3, 0.4) is 0 Å². The highest BCUT2D eigenvalue weighted by atomic mass is 19.3. The molecular formula is C28H23F2NO8. The number of hydrogen-bond donors (Lipinski definition) is 2. The molecule has 39 heavy (non-hydrogen) atoms. The van der Waals surface area contributed by atoms with E-state index in [0.29, 0.717) is 34.6 Å². The molecule has 9 nitrogen and oxygen atoms in total. The number of nitrogens with one attached hydrogen (secondary N) is 1. The van der Waals surface area contributed by atoms with Crippen LogP contribution in [0.15, 0.2) is 54.6 Å². The van der Waals surface area contributed by atoms with E-state index in [0.717, 1.165) is 0 Å². The van der Waals surface area contributed by atoms with E-state index in [1.165, 1.54) is 31.4 Å². The van der Waals surface area contributed by atoms with Gasteiger partial charge in [-0.05, 0) is 42.8 Å².